The van der Waals surface area contributed by atoms with E-state index in [1.54, 1.807) is 24.3 Å². The molecule has 5 nitrogen and oxygen atoms in total. The van der Waals surface area contributed by atoms with Crippen molar-refractivity contribution in [1.82, 2.24) is 0 Å². The van der Waals surface area contributed by atoms with Gasteiger partial charge >= 0.3 is 65.1 Å². The first kappa shape index (κ1) is 20.2. The summed E-state index contributed by atoms with van der Waals surface area (Å²) in [6.07, 6.45) is 0. The second kappa shape index (κ2) is 9.25. The van der Waals surface area contributed by atoms with Crippen molar-refractivity contribution in [3.05, 3.63) is 59.7 Å². The number of phenols is 1. The molecule has 0 aliphatic carbocycles. The first-order valence-electron chi connectivity index (χ1n) is 5.48. The van der Waals surface area contributed by atoms with E-state index in [0.29, 0.717) is 0 Å². The third-order valence-corrected chi connectivity index (χ3v) is 2.48. The molecule has 0 aliphatic rings. The van der Waals surface area contributed by atoms with E-state index >= 15 is 0 Å². The number of esters is 1. The third kappa shape index (κ3) is 5.14. The van der Waals surface area contributed by atoms with Gasteiger partial charge in [0.1, 0.15) is 17.1 Å². The van der Waals surface area contributed by atoms with Gasteiger partial charge in [0, 0.05) is 0 Å². The van der Waals surface area contributed by atoms with Crippen molar-refractivity contribution < 1.29 is 81.4 Å². The summed E-state index contributed by atoms with van der Waals surface area (Å²) in [6.45, 7) is 0. The first-order valence-corrected chi connectivity index (χ1v) is 5.48. The number of carbonyl (C=O) groups is 2. The number of hydrogen-bond acceptors (Lipinski definition) is 4. The predicted molar refractivity (Wildman–Crippen MR) is 70.2 cm³/mol. The molecule has 21 heavy (non-hydrogen) atoms. The number of hydrogen-bond donors (Lipinski definition) is 2. The molecular weight excluding hydrogens is 292 g/mol. The Labute approximate surface area is 169 Å². The van der Waals surface area contributed by atoms with Crippen molar-refractivity contribution in [2.24, 2.45) is 5.73 Å². The molecule has 7 heteroatoms. The van der Waals surface area contributed by atoms with Gasteiger partial charge in [-0.3, -0.25) is 4.79 Å². The summed E-state index contributed by atoms with van der Waals surface area (Å²) in [4.78, 5) is 23.1. The van der Waals surface area contributed by atoms with Gasteiger partial charge in [-0.25, -0.2) is 4.79 Å². The van der Waals surface area contributed by atoms with E-state index in [0.717, 1.165) is 0 Å². The average molecular weight is 305 g/mol. The second-order valence-corrected chi connectivity index (χ2v) is 3.77. The number of benzene rings is 2. The number of carbonyl (C=O) groups excluding carboxylic acids is 2. The summed E-state index contributed by atoms with van der Waals surface area (Å²) >= 11 is 0. The molecule has 0 unspecified atom stereocenters. The Morgan fingerprint density at radius 1 is 0.952 bits per heavy atom. The molecule has 0 saturated heterocycles. The fourth-order valence-corrected chi connectivity index (χ4v) is 1.56. The summed E-state index contributed by atoms with van der Waals surface area (Å²) in [6, 6.07) is 12.1. The molecule has 100 valence electrons. The summed E-state index contributed by atoms with van der Waals surface area (Å²) in [5.74, 6) is -1.58. The number of phenolic OH excluding ortho intramolecular Hbond substituents is 1. The molecule has 2 aromatic rings. The van der Waals surface area contributed by atoms with Gasteiger partial charge in [-0.05, 0) is 24.3 Å². The van der Waals surface area contributed by atoms with Gasteiger partial charge in [-0.2, -0.15) is 0 Å². The van der Waals surface area contributed by atoms with E-state index in [1.807, 2.05) is 0 Å². The van der Waals surface area contributed by atoms with Crippen LogP contribution in [0.15, 0.2) is 48.5 Å². The zero-order chi connectivity index (χ0) is 13.8. The summed E-state index contributed by atoms with van der Waals surface area (Å²) < 4.78 is 5.07. The van der Waals surface area contributed by atoms with Gasteiger partial charge in [0.25, 0.3) is 5.91 Å². The van der Waals surface area contributed by atoms with Crippen molar-refractivity contribution >= 4 is 11.9 Å². The van der Waals surface area contributed by atoms with Crippen molar-refractivity contribution in [3.8, 4) is 11.5 Å². The zero-order valence-electron chi connectivity index (χ0n) is 13.9. The van der Waals surface area contributed by atoms with Crippen LogP contribution in [0.1, 0.15) is 23.6 Å². The quantitative estimate of drug-likeness (QED) is 0.343. The number of para-hydroxylation sites is 2. The molecule has 2 aromatic carbocycles. The van der Waals surface area contributed by atoms with E-state index in [1.165, 1.54) is 24.3 Å². The molecule has 0 heterocycles. The van der Waals surface area contributed by atoms with Crippen molar-refractivity contribution in [2.45, 2.75) is 0 Å². The smallest absolute Gasteiger partial charge is 1.00 e. The second-order valence-electron chi connectivity index (χ2n) is 3.77. The largest absolute Gasteiger partial charge is 1.00 e. The van der Waals surface area contributed by atoms with Gasteiger partial charge in [-0.15, -0.1) is 0 Å². The summed E-state index contributed by atoms with van der Waals surface area (Å²) in [5, 5.41) is 9.54. The molecule has 0 radical (unpaired) electrons. The van der Waals surface area contributed by atoms with Crippen LogP contribution in [-0.4, -0.2) is 17.0 Å². The third-order valence-electron chi connectivity index (χ3n) is 2.48. The van der Waals surface area contributed by atoms with Crippen LogP contribution in [0, 0.1) is 0 Å². The van der Waals surface area contributed by atoms with Crippen LogP contribution in [-0.2, 0) is 0 Å². The Morgan fingerprint density at radius 2 is 1.48 bits per heavy atom. The molecule has 1 amide bonds. The maximum absolute atomic E-state index is 11.9. The number of aromatic hydroxyl groups is 1. The minimum Gasteiger partial charge on any atom is -1.00 e. The maximum Gasteiger partial charge on any atom is 1.00 e. The molecular formula is C14H13NNa2O4. The van der Waals surface area contributed by atoms with Crippen LogP contribution < -0.4 is 69.6 Å². The molecule has 0 fully saturated rings. The molecule has 0 aromatic heterocycles. The van der Waals surface area contributed by atoms with Crippen LogP contribution in [0.5, 0.6) is 11.5 Å². The predicted octanol–water partition coefficient (Wildman–Crippen LogP) is -4.06. The van der Waals surface area contributed by atoms with Crippen LogP contribution in [0.2, 0.25) is 0 Å². The van der Waals surface area contributed by atoms with Gasteiger partial charge < -0.3 is 18.4 Å². The minimum absolute atomic E-state index is 0. The van der Waals surface area contributed by atoms with Crippen LogP contribution in [0.4, 0.5) is 0 Å². The van der Waals surface area contributed by atoms with Crippen molar-refractivity contribution in [1.29, 1.82) is 0 Å². The first-order chi connectivity index (χ1) is 9.09. The summed E-state index contributed by atoms with van der Waals surface area (Å²) in [7, 11) is 0. The van der Waals surface area contributed by atoms with E-state index in [9.17, 15) is 14.7 Å². The number of primary amides is 1. The maximum atomic E-state index is 11.9. The SMILES string of the molecule is NC(=O)c1ccccc1OC(=O)c1ccccc1O.[H-].[H-].[Na+].[Na+]. The number of ether oxygens (including phenoxy) is 1. The minimum atomic E-state index is -0.758. The molecule has 0 bridgehead atoms. The Bertz CT molecular complexity index is 656. The molecule has 0 atom stereocenters. The standard InChI is InChI=1S/C14H11NO4.2Na.2H/c15-13(17)10-6-2-4-8-12(10)19-14(18)9-5-1-3-7-11(9)16;;;;/h1-8,16H,(H2,15,17);;;;/q;2*+1;2*-1. The Hall–Kier alpha value is -0.820. The van der Waals surface area contributed by atoms with E-state index in [4.69, 9.17) is 10.5 Å². The Kier molecular flexibility index (Phi) is 8.89. The summed E-state index contributed by atoms with van der Waals surface area (Å²) in [5.41, 5.74) is 5.30. The van der Waals surface area contributed by atoms with Crippen LogP contribution >= 0.6 is 0 Å². The van der Waals surface area contributed by atoms with Gasteiger partial charge in [-0.1, -0.05) is 24.3 Å². The van der Waals surface area contributed by atoms with E-state index in [2.05, 4.69) is 0 Å². The zero-order valence-corrected chi connectivity index (χ0v) is 15.9. The van der Waals surface area contributed by atoms with E-state index < -0.39 is 11.9 Å². The number of rotatable bonds is 3. The molecule has 0 aliphatic heterocycles. The normalized spacial score (nSPS) is 8.95. The van der Waals surface area contributed by atoms with Gasteiger partial charge in [0.15, 0.2) is 0 Å². The van der Waals surface area contributed by atoms with Crippen LogP contribution in [0.3, 0.4) is 0 Å². The number of nitrogens with two attached hydrogens (primary N) is 1. The van der Waals surface area contributed by atoms with Crippen molar-refractivity contribution in [2.75, 3.05) is 0 Å². The van der Waals surface area contributed by atoms with Gasteiger partial charge in [0.2, 0.25) is 0 Å². The Balaban J connectivity index is -0.000001000. The number of amides is 1. The average Bonchev–Trinajstić information content (AvgIpc) is 2.39. The fourth-order valence-electron chi connectivity index (χ4n) is 1.56. The van der Waals surface area contributed by atoms with Crippen LogP contribution in [0.25, 0.3) is 0 Å². The van der Waals surface area contributed by atoms with Crippen molar-refractivity contribution in [3.63, 3.8) is 0 Å². The topological polar surface area (TPSA) is 89.6 Å². The molecule has 2 rings (SSSR count). The molecule has 0 saturated carbocycles. The fraction of sp³-hybridized carbons (Fsp3) is 0. The Morgan fingerprint density at radius 3 is 2.05 bits per heavy atom. The molecule has 0 spiro atoms. The van der Waals surface area contributed by atoms with E-state index in [-0.39, 0.29) is 84.6 Å². The van der Waals surface area contributed by atoms with Gasteiger partial charge in [0.05, 0.1) is 5.56 Å². The molecule has 3 N–H and O–H groups in total. The monoisotopic (exact) mass is 305 g/mol.